The molecule has 1 aliphatic carbocycles. The van der Waals surface area contributed by atoms with Gasteiger partial charge in [0.15, 0.2) is 0 Å². The molecule has 0 saturated heterocycles. The van der Waals surface area contributed by atoms with Gasteiger partial charge < -0.3 is 10.1 Å². The molecule has 1 N–H and O–H groups in total. The molecule has 0 radical (unpaired) electrons. The standard InChI is InChI=1S/C15H21NO2/c1-2-18-15(17)16-14-11-7-6-10-13(14)12-8-4-3-5-9-12/h3-5,8-9,13-14H,2,6-7,10-11H2,1H3,(H,16,17). The normalized spacial score (nSPS) is 23.4. The molecule has 1 saturated carbocycles. The molecule has 3 nitrogen and oxygen atoms in total. The van der Waals surface area contributed by atoms with Crippen LogP contribution in [0, 0.1) is 0 Å². The number of carbonyl (C=O) groups excluding carboxylic acids is 1. The second kappa shape index (κ2) is 6.43. The fourth-order valence-corrected chi connectivity index (χ4v) is 2.73. The first kappa shape index (κ1) is 12.9. The van der Waals surface area contributed by atoms with Crippen LogP contribution < -0.4 is 5.32 Å². The molecular weight excluding hydrogens is 226 g/mol. The van der Waals surface area contributed by atoms with Crippen LogP contribution >= 0.6 is 0 Å². The molecule has 1 aliphatic rings. The lowest BCUT2D eigenvalue weighted by atomic mass is 9.80. The van der Waals surface area contributed by atoms with Crippen molar-refractivity contribution in [3.63, 3.8) is 0 Å². The maximum Gasteiger partial charge on any atom is 0.407 e. The van der Waals surface area contributed by atoms with E-state index in [0.717, 1.165) is 12.8 Å². The van der Waals surface area contributed by atoms with Crippen molar-refractivity contribution in [2.24, 2.45) is 0 Å². The van der Waals surface area contributed by atoms with Gasteiger partial charge in [0.1, 0.15) is 0 Å². The quantitative estimate of drug-likeness (QED) is 0.888. The van der Waals surface area contributed by atoms with Gasteiger partial charge in [-0.3, -0.25) is 0 Å². The Morgan fingerprint density at radius 2 is 2.00 bits per heavy atom. The van der Waals surface area contributed by atoms with Gasteiger partial charge in [-0.25, -0.2) is 4.79 Å². The van der Waals surface area contributed by atoms with Gasteiger partial charge in [-0.05, 0) is 25.3 Å². The number of carbonyl (C=O) groups is 1. The first-order valence-corrected chi connectivity index (χ1v) is 6.79. The van der Waals surface area contributed by atoms with E-state index in [1.165, 1.54) is 18.4 Å². The van der Waals surface area contributed by atoms with Crippen LogP contribution in [0.1, 0.15) is 44.1 Å². The largest absolute Gasteiger partial charge is 0.450 e. The third kappa shape index (κ3) is 3.25. The van der Waals surface area contributed by atoms with Gasteiger partial charge in [-0.2, -0.15) is 0 Å². The van der Waals surface area contributed by atoms with Crippen LogP contribution in [0.25, 0.3) is 0 Å². The van der Waals surface area contributed by atoms with Crippen molar-refractivity contribution < 1.29 is 9.53 Å². The molecule has 2 rings (SSSR count). The predicted octanol–water partition coefficient (Wildman–Crippen LogP) is 3.46. The fourth-order valence-electron chi connectivity index (χ4n) is 2.73. The molecule has 0 aliphatic heterocycles. The lowest BCUT2D eigenvalue weighted by Gasteiger charge is -2.32. The molecular formula is C15H21NO2. The summed E-state index contributed by atoms with van der Waals surface area (Å²) in [6.45, 7) is 2.25. The first-order chi connectivity index (χ1) is 8.81. The van der Waals surface area contributed by atoms with E-state index >= 15 is 0 Å². The summed E-state index contributed by atoms with van der Waals surface area (Å²) in [7, 11) is 0. The summed E-state index contributed by atoms with van der Waals surface area (Å²) >= 11 is 0. The minimum absolute atomic E-state index is 0.209. The number of hydrogen-bond acceptors (Lipinski definition) is 2. The van der Waals surface area contributed by atoms with Crippen molar-refractivity contribution in [3.05, 3.63) is 35.9 Å². The number of ether oxygens (including phenoxy) is 1. The molecule has 0 heterocycles. The highest BCUT2D eigenvalue weighted by atomic mass is 16.5. The molecule has 2 unspecified atom stereocenters. The zero-order valence-electron chi connectivity index (χ0n) is 10.9. The van der Waals surface area contributed by atoms with Crippen LogP contribution in [0.15, 0.2) is 30.3 Å². The topological polar surface area (TPSA) is 38.3 Å². The van der Waals surface area contributed by atoms with Crippen LogP contribution in [0.5, 0.6) is 0 Å². The third-order valence-corrected chi connectivity index (χ3v) is 3.57. The van der Waals surface area contributed by atoms with Crippen molar-refractivity contribution >= 4 is 6.09 Å². The number of rotatable bonds is 3. The number of amides is 1. The highest BCUT2D eigenvalue weighted by Gasteiger charge is 2.27. The van der Waals surface area contributed by atoms with Crippen molar-refractivity contribution in [1.29, 1.82) is 0 Å². The molecule has 1 fully saturated rings. The molecule has 1 amide bonds. The van der Waals surface area contributed by atoms with Gasteiger partial charge in [-0.1, -0.05) is 43.2 Å². The van der Waals surface area contributed by atoms with E-state index in [9.17, 15) is 4.79 Å². The Morgan fingerprint density at radius 1 is 1.28 bits per heavy atom. The van der Waals surface area contributed by atoms with Gasteiger partial charge in [0.05, 0.1) is 6.61 Å². The van der Waals surface area contributed by atoms with E-state index in [1.807, 2.05) is 13.0 Å². The Balaban J connectivity index is 2.04. The van der Waals surface area contributed by atoms with E-state index in [4.69, 9.17) is 4.74 Å². The molecule has 3 heteroatoms. The summed E-state index contributed by atoms with van der Waals surface area (Å²) in [6, 6.07) is 10.7. The van der Waals surface area contributed by atoms with Crippen molar-refractivity contribution in [3.8, 4) is 0 Å². The molecule has 2 atom stereocenters. The van der Waals surface area contributed by atoms with Gasteiger partial charge in [0, 0.05) is 12.0 Å². The maximum atomic E-state index is 11.6. The zero-order chi connectivity index (χ0) is 12.8. The number of nitrogens with one attached hydrogen (secondary N) is 1. The average Bonchev–Trinajstić information content (AvgIpc) is 2.40. The Hall–Kier alpha value is -1.51. The summed E-state index contributed by atoms with van der Waals surface area (Å²) < 4.78 is 4.98. The monoisotopic (exact) mass is 247 g/mol. The Kier molecular flexibility index (Phi) is 4.62. The molecule has 0 aromatic heterocycles. The summed E-state index contributed by atoms with van der Waals surface area (Å²) in [4.78, 5) is 11.6. The highest BCUT2D eigenvalue weighted by Crippen LogP contribution is 2.32. The number of benzene rings is 1. The van der Waals surface area contributed by atoms with Gasteiger partial charge in [-0.15, -0.1) is 0 Å². The van der Waals surface area contributed by atoms with E-state index in [1.54, 1.807) is 0 Å². The van der Waals surface area contributed by atoms with Crippen LogP contribution in [0.4, 0.5) is 4.79 Å². The minimum Gasteiger partial charge on any atom is -0.450 e. The molecule has 1 aromatic carbocycles. The second-order valence-corrected chi connectivity index (χ2v) is 4.77. The maximum absolute atomic E-state index is 11.6. The van der Waals surface area contributed by atoms with Crippen LogP contribution in [0.2, 0.25) is 0 Å². The second-order valence-electron chi connectivity index (χ2n) is 4.77. The molecule has 0 spiro atoms. The van der Waals surface area contributed by atoms with E-state index in [2.05, 4.69) is 29.6 Å². The smallest absolute Gasteiger partial charge is 0.407 e. The Bertz CT molecular complexity index is 377. The highest BCUT2D eigenvalue weighted by molar-refractivity contribution is 5.67. The van der Waals surface area contributed by atoms with Crippen LogP contribution in [-0.2, 0) is 4.74 Å². The molecule has 98 valence electrons. The summed E-state index contributed by atoms with van der Waals surface area (Å²) in [5.41, 5.74) is 1.32. The lowest BCUT2D eigenvalue weighted by Crippen LogP contribution is -2.41. The van der Waals surface area contributed by atoms with Crippen molar-refractivity contribution in [2.45, 2.75) is 44.6 Å². The van der Waals surface area contributed by atoms with Crippen LogP contribution in [0.3, 0.4) is 0 Å². The van der Waals surface area contributed by atoms with E-state index in [-0.39, 0.29) is 12.1 Å². The minimum atomic E-state index is -0.287. The van der Waals surface area contributed by atoms with E-state index < -0.39 is 0 Å². The molecule has 18 heavy (non-hydrogen) atoms. The third-order valence-electron chi connectivity index (χ3n) is 3.57. The summed E-state index contributed by atoms with van der Waals surface area (Å²) in [5.74, 6) is 0.421. The van der Waals surface area contributed by atoms with Crippen molar-refractivity contribution in [1.82, 2.24) is 5.32 Å². The predicted molar refractivity (Wildman–Crippen MR) is 71.6 cm³/mol. The first-order valence-electron chi connectivity index (χ1n) is 6.79. The SMILES string of the molecule is CCOC(=O)NC1CCCCC1c1ccccc1. The fraction of sp³-hybridized carbons (Fsp3) is 0.533. The number of alkyl carbamates (subject to hydrolysis) is 1. The molecule has 0 bridgehead atoms. The zero-order valence-corrected chi connectivity index (χ0v) is 10.9. The van der Waals surface area contributed by atoms with Crippen LogP contribution in [-0.4, -0.2) is 18.7 Å². The Morgan fingerprint density at radius 3 is 2.72 bits per heavy atom. The average molecular weight is 247 g/mol. The van der Waals surface area contributed by atoms with E-state index in [0.29, 0.717) is 12.5 Å². The van der Waals surface area contributed by atoms with Gasteiger partial charge >= 0.3 is 6.09 Å². The van der Waals surface area contributed by atoms with Gasteiger partial charge in [0.2, 0.25) is 0 Å². The Labute approximate surface area is 109 Å². The lowest BCUT2D eigenvalue weighted by molar-refractivity contribution is 0.143. The number of hydrogen-bond donors (Lipinski definition) is 1. The molecule has 1 aromatic rings. The van der Waals surface area contributed by atoms with Crippen molar-refractivity contribution in [2.75, 3.05) is 6.61 Å². The summed E-state index contributed by atoms with van der Waals surface area (Å²) in [5, 5.41) is 3.01. The van der Waals surface area contributed by atoms with Gasteiger partial charge in [0.25, 0.3) is 0 Å². The summed E-state index contributed by atoms with van der Waals surface area (Å²) in [6.07, 6.45) is 4.31.